The summed E-state index contributed by atoms with van der Waals surface area (Å²) >= 11 is 5.34. The van der Waals surface area contributed by atoms with Crippen molar-refractivity contribution in [2.45, 2.75) is 44.9 Å². The van der Waals surface area contributed by atoms with Crippen LogP contribution in [0, 0.1) is 4.64 Å². The maximum Gasteiger partial charge on any atom is 0.130 e. The predicted molar refractivity (Wildman–Crippen MR) is 84.6 cm³/mol. The van der Waals surface area contributed by atoms with Gasteiger partial charge in [-0.15, -0.1) is 0 Å². The predicted octanol–water partition coefficient (Wildman–Crippen LogP) is 4.56. The number of fused-ring (bicyclic) bond motifs is 1. The van der Waals surface area contributed by atoms with E-state index in [1.54, 1.807) is 0 Å². The van der Waals surface area contributed by atoms with Gasteiger partial charge in [0.1, 0.15) is 10.5 Å². The van der Waals surface area contributed by atoms with E-state index in [0.29, 0.717) is 10.6 Å². The number of aromatic nitrogens is 2. The third kappa shape index (κ3) is 2.68. The number of benzene rings is 1. The number of nitrogens with zero attached hydrogens (tertiary/aromatic N) is 1. The smallest absolute Gasteiger partial charge is 0.130 e. The zero-order valence-corrected chi connectivity index (χ0v) is 12.7. The average molecular weight is 284 g/mol. The Kier molecular flexibility index (Phi) is 3.97. The molecule has 1 aromatic carbocycles. The van der Waals surface area contributed by atoms with Gasteiger partial charge in [-0.25, -0.2) is 4.98 Å². The zero-order chi connectivity index (χ0) is 13.9. The Morgan fingerprint density at radius 1 is 1.35 bits per heavy atom. The maximum atomic E-state index is 5.34. The standard InChI is InChI=1S/C17H20N2S/c1-2-6-13-11-16(20)19-17(18-13)15-10-5-8-12-7-3-4-9-14(12)15/h3-4,7,9,11,15H,2,5-6,8,10H2,1H3,(H,18,19,20). The van der Waals surface area contributed by atoms with Gasteiger partial charge in [0.15, 0.2) is 0 Å². The first kappa shape index (κ1) is 13.5. The summed E-state index contributed by atoms with van der Waals surface area (Å²) in [5.41, 5.74) is 4.10. The third-order valence-corrected chi connectivity index (χ3v) is 4.24. The minimum atomic E-state index is 0.374. The van der Waals surface area contributed by atoms with Crippen molar-refractivity contribution in [2.24, 2.45) is 0 Å². The van der Waals surface area contributed by atoms with Gasteiger partial charge in [0, 0.05) is 11.6 Å². The fraction of sp³-hybridized carbons (Fsp3) is 0.412. The number of nitrogens with one attached hydrogen (secondary N) is 1. The number of hydrogen-bond donors (Lipinski definition) is 1. The van der Waals surface area contributed by atoms with E-state index in [0.717, 1.165) is 25.1 Å². The quantitative estimate of drug-likeness (QED) is 0.837. The van der Waals surface area contributed by atoms with Gasteiger partial charge in [-0.2, -0.15) is 0 Å². The normalized spacial score (nSPS) is 17.8. The molecule has 0 bridgehead atoms. The Morgan fingerprint density at radius 2 is 2.20 bits per heavy atom. The van der Waals surface area contributed by atoms with Crippen molar-refractivity contribution in [1.29, 1.82) is 0 Å². The number of aromatic amines is 1. The van der Waals surface area contributed by atoms with Crippen LogP contribution in [0.5, 0.6) is 0 Å². The van der Waals surface area contributed by atoms with Gasteiger partial charge < -0.3 is 4.98 Å². The lowest BCUT2D eigenvalue weighted by Crippen LogP contribution is -2.14. The van der Waals surface area contributed by atoms with Crippen LogP contribution in [-0.2, 0) is 12.8 Å². The van der Waals surface area contributed by atoms with E-state index in [9.17, 15) is 0 Å². The van der Waals surface area contributed by atoms with Crippen molar-refractivity contribution in [1.82, 2.24) is 9.97 Å². The van der Waals surface area contributed by atoms with Crippen LogP contribution in [0.3, 0.4) is 0 Å². The monoisotopic (exact) mass is 284 g/mol. The van der Waals surface area contributed by atoms with E-state index in [1.807, 2.05) is 6.07 Å². The molecule has 1 atom stereocenters. The second kappa shape index (κ2) is 5.88. The Hall–Kier alpha value is -1.48. The van der Waals surface area contributed by atoms with Crippen LogP contribution in [0.2, 0.25) is 0 Å². The first-order chi connectivity index (χ1) is 9.78. The molecule has 2 aromatic rings. The van der Waals surface area contributed by atoms with Crippen molar-refractivity contribution < 1.29 is 0 Å². The van der Waals surface area contributed by atoms with Crippen molar-refractivity contribution in [3.63, 3.8) is 0 Å². The van der Waals surface area contributed by atoms with E-state index < -0.39 is 0 Å². The van der Waals surface area contributed by atoms with E-state index in [4.69, 9.17) is 12.2 Å². The summed E-state index contributed by atoms with van der Waals surface area (Å²) in [6, 6.07) is 10.7. The van der Waals surface area contributed by atoms with Crippen LogP contribution < -0.4 is 0 Å². The highest BCUT2D eigenvalue weighted by Gasteiger charge is 2.23. The zero-order valence-electron chi connectivity index (χ0n) is 11.9. The third-order valence-electron chi connectivity index (χ3n) is 4.04. The summed E-state index contributed by atoms with van der Waals surface area (Å²) in [7, 11) is 0. The number of H-pyrrole nitrogens is 1. The van der Waals surface area contributed by atoms with Gasteiger partial charge in [0.25, 0.3) is 0 Å². The van der Waals surface area contributed by atoms with Gasteiger partial charge in [0.05, 0.1) is 0 Å². The number of hydrogen-bond acceptors (Lipinski definition) is 2. The van der Waals surface area contributed by atoms with E-state index >= 15 is 0 Å². The molecule has 3 heteroatoms. The van der Waals surface area contributed by atoms with Gasteiger partial charge in [-0.05, 0) is 42.9 Å². The molecular formula is C17H20N2S. The van der Waals surface area contributed by atoms with Crippen LogP contribution in [0.4, 0.5) is 0 Å². The Balaban J connectivity index is 2.04. The molecule has 3 rings (SSSR count). The molecule has 2 nitrogen and oxygen atoms in total. The summed E-state index contributed by atoms with van der Waals surface area (Å²) < 4.78 is 0.713. The summed E-state index contributed by atoms with van der Waals surface area (Å²) in [5.74, 6) is 1.42. The molecule has 0 aliphatic heterocycles. The van der Waals surface area contributed by atoms with Gasteiger partial charge in [0.2, 0.25) is 0 Å². The Bertz CT molecular complexity index is 660. The van der Waals surface area contributed by atoms with Crippen LogP contribution in [0.1, 0.15) is 54.7 Å². The van der Waals surface area contributed by atoms with Crippen LogP contribution in [-0.4, -0.2) is 9.97 Å². The molecule has 1 unspecified atom stereocenters. The maximum absolute atomic E-state index is 5.34. The first-order valence-electron chi connectivity index (χ1n) is 7.46. The Labute approximate surface area is 125 Å². The molecule has 0 radical (unpaired) electrons. The largest absolute Gasteiger partial charge is 0.347 e. The molecule has 0 fully saturated rings. The number of aryl methyl sites for hydroxylation is 2. The highest BCUT2D eigenvalue weighted by molar-refractivity contribution is 7.71. The lowest BCUT2D eigenvalue weighted by Gasteiger charge is -2.25. The minimum absolute atomic E-state index is 0.374. The van der Waals surface area contributed by atoms with Crippen molar-refractivity contribution >= 4 is 12.2 Å². The summed E-state index contributed by atoms with van der Waals surface area (Å²) in [4.78, 5) is 8.12. The minimum Gasteiger partial charge on any atom is -0.347 e. The summed E-state index contributed by atoms with van der Waals surface area (Å²) in [5, 5.41) is 0. The fourth-order valence-corrected chi connectivity index (χ4v) is 3.38. The molecule has 20 heavy (non-hydrogen) atoms. The molecule has 0 amide bonds. The fourth-order valence-electron chi connectivity index (χ4n) is 3.14. The van der Waals surface area contributed by atoms with Crippen molar-refractivity contribution in [3.8, 4) is 0 Å². The van der Waals surface area contributed by atoms with Gasteiger partial charge in [-0.1, -0.05) is 49.8 Å². The number of rotatable bonds is 3. The SMILES string of the molecule is CCCc1cc(=S)nc(C2CCCc3ccccc32)[nH]1. The van der Waals surface area contributed by atoms with Gasteiger partial charge >= 0.3 is 0 Å². The Morgan fingerprint density at radius 3 is 3.05 bits per heavy atom. The summed E-state index contributed by atoms with van der Waals surface area (Å²) in [6.07, 6.45) is 5.72. The highest BCUT2D eigenvalue weighted by Crippen LogP contribution is 2.34. The van der Waals surface area contributed by atoms with E-state index in [-0.39, 0.29) is 0 Å². The molecule has 1 aromatic heterocycles. The van der Waals surface area contributed by atoms with E-state index in [2.05, 4.69) is 41.2 Å². The molecule has 0 saturated heterocycles. The molecule has 0 spiro atoms. The second-order valence-electron chi connectivity index (χ2n) is 5.52. The molecular weight excluding hydrogens is 264 g/mol. The van der Waals surface area contributed by atoms with Crippen molar-refractivity contribution in [2.75, 3.05) is 0 Å². The summed E-state index contributed by atoms with van der Waals surface area (Å²) in [6.45, 7) is 2.19. The average Bonchev–Trinajstić information content (AvgIpc) is 2.46. The molecule has 1 N–H and O–H groups in total. The topological polar surface area (TPSA) is 28.7 Å². The van der Waals surface area contributed by atoms with Crippen LogP contribution in [0.15, 0.2) is 30.3 Å². The molecule has 1 heterocycles. The van der Waals surface area contributed by atoms with Crippen LogP contribution >= 0.6 is 12.2 Å². The van der Waals surface area contributed by atoms with E-state index in [1.165, 1.54) is 29.7 Å². The molecule has 104 valence electrons. The highest BCUT2D eigenvalue weighted by atomic mass is 32.1. The van der Waals surface area contributed by atoms with Crippen LogP contribution in [0.25, 0.3) is 0 Å². The molecule has 1 aliphatic rings. The second-order valence-corrected chi connectivity index (χ2v) is 5.94. The van der Waals surface area contributed by atoms with Gasteiger partial charge in [-0.3, -0.25) is 0 Å². The first-order valence-corrected chi connectivity index (χ1v) is 7.86. The lowest BCUT2D eigenvalue weighted by atomic mass is 9.82. The molecule has 1 aliphatic carbocycles. The molecule has 0 saturated carbocycles. The lowest BCUT2D eigenvalue weighted by molar-refractivity contribution is 0.586. The van der Waals surface area contributed by atoms with Crippen molar-refractivity contribution in [3.05, 3.63) is 57.6 Å².